The van der Waals surface area contributed by atoms with E-state index in [1.54, 1.807) is 26.8 Å². The molecule has 0 aliphatic rings. The zero-order chi connectivity index (χ0) is 20.8. The molecular formula is C17H28N4O5S. The van der Waals surface area contributed by atoms with Crippen LogP contribution >= 0.6 is 0 Å². The van der Waals surface area contributed by atoms with Gasteiger partial charge in [-0.2, -0.15) is 0 Å². The zero-order valence-electron chi connectivity index (χ0n) is 16.3. The summed E-state index contributed by atoms with van der Waals surface area (Å²) >= 11 is 0. The van der Waals surface area contributed by atoms with Crippen molar-refractivity contribution in [2.24, 2.45) is 16.5 Å². The summed E-state index contributed by atoms with van der Waals surface area (Å²) in [5.74, 6) is -0.116. The van der Waals surface area contributed by atoms with Crippen LogP contribution in [0.4, 0.5) is 0 Å². The minimum absolute atomic E-state index is 0.145. The molecule has 9 nitrogen and oxygen atoms in total. The topological polar surface area (TPSA) is 146 Å². The van der Waals surface area contributed by atoms with Crippen LogP contribution in [0, 0.1) is 20.8 Å². The molecule has 0 aromatic heterocycles. The van der Waals surface area contributed by atoms with Gasteiger partial charge in [-0.05, 0) is 56.4 Å². The molecule has 0 saturated heterocycles. The second-order valence-electron chi connectivity index (χ2n) is 6.12. The van der Waals surface area contributed by atoms with Gasteiger partial charge in [-0.1, -0.05) is 0 Å². The van der Waals surface area contributed by atoms with Crippen molar-refractivity contribution in [2.75, 3.05) is 20.8 Å². The molecule has 0 heterocycles. The number of benzene rings is 1. The predicted octanol–water partition coefficient (Wildman–Crippen LogP) is 0.494. The standard InChI is InChI=1S/C17H28N4O5S/c1-10-9-14(25-4)11(2)12(3)15(10)27(23,24)21-17(19)20-8-6-7-13(18)16(22)26-5/h9,13H,6-8,18H2,1-5H3,(H3,19,20,21)/t13-/m0/s1. The Morgan fingerprint density at radius 1 is 1.26 bits per heavy atom. The van der Waals surface area contributed by atoms with Crippen LogP contribution in [0.2, 0.25) is 0 Å². The Bertz CT molecular complexity index is 821. The van der Waals surface area contributed by atoms with Crippen LogP contribution in [0.15, 0.2) is 16.0 Å². The number of rotatable bonds is 8. The summed E-state index contributed by atoms with van der Waals surface area (Å²) in [4.78, 5) is 15.3. The largest absolute Gasteiger partial charge is 0.496 e. The van der Waals surface area contributed by atoms with Crippen LogP contribution in [0.3, 0.4) is 0 Å². The van der Waals surface area contributed by atoms with Crippen molar-refractivity contribution in [3.63, 3.8) is 0 Å². The third-order valence-corrected chi connectivity index (χ3v) is 5.81. The molecule has 0 radical (unpaired) electrons. The summed E-state index contributed by atoms with van der Waals surface area (Å²) in [7, 11) is -1.11. The zero-order valence-corrected chi connectivity index (χ0v) is 17.1. The van der Waals surface area contributed by atoms with Crippen molar-refractivity contribution in [3.8, 4) is 5.75 Å². The van der Waals surface area contributed by atoms with Crippen molar-refractivity contribution < 1.29 is 22.7 Å². The Labute approximate surface area is 160 Å². The van der Waals surface area contributed by atoms with E-state index in [1.807, 2.05) is 0 Å². The summed E-state index contributed by atoms with van der Waals surface area (Å²) in [6.45, 7) is 5.40. The predicted molar refractivity (Wildman–Crippen MR) is 103 cm³/mol. The quantitative estimate of drug-likeness (QED) is 0.249. The number of nitrogens with two attached hydrogens (primary N) is 2. The molecule has 0 saturated carbocycles. The number of nitrogens with one attached hydrogen (secondary N) is 1. The molecule has 0 aliphatic carbocycles. The molecule has 0 bridgehead atoms. The van der Waals surface area contributed by atoms with E-state index in [9.17, 15) is 13.2 Å². The molecule has 10 heteroatoms. The summed E-state index contributed by atoms with van der Waals surface area (Å²) in [6.07, 6.45) is 0.810. The fourth-order valence-electron chi connectivity index (χ4n) is 2.65. The Kier molecular flexibility index (Phi) is 8.04. The number of carbonyl (C=O) groups is 1. The summed E-state index contributed by atoms with van der Waals surface area (Å²) in [5.41, 5.74) is 13.2. The number of aryl methyl sites for hydroxylation is 1. The first-order valence-corrected chi connectivity index (χ1v) is 9.84. The minimum atomic E-state index is -3.90. The van der Waals surface area contributed by atoms with Gasteiger partial charge < -0.3 is 20.9 Å². The van der Waals surface area contributed by atoms with E-state index in [4.69, 9.17) is 16.2 Å². The van der Waals surface area contributed by atoms with Crippen LogP contribution in [0.25, 0.3) is 0 Å². The van der Waals surface area contributed by atoms with Gasteiger partial charge in [0, 0.05) is 6.54 Å². The molecule has 0 aliphatic heterocycles. The van der Waals surface area contributed by atoms with Gasteiger partial charge in [-0.3, -0.25) is 9.79 Å². The van der Waals surface area contributed by atoms with Gasteiger partial charge in [-0.15, -0.1) is 0 Å². The van der Waals surface area contributed by atoms with E-state index in [0.29, 0.717) is 29.7 Å². The first kappa shape index (κ1) is 22.7. The van der Waals surface area contributed by atoms with Gasteiger partial charge in [0.05, 0.1) is 19.1 Å². The molecule has 152 valence electrons. The maximum absolute atomic E-state index is 12.7. The minimum Gasteiger partial charge on any atom is -0.496 e. The lowest BCUT2D eigenvalue weighted by Gasteiger charge is -2.16. The molecular weight excluding hydrogens is 372 g/mol. The number of carbonyl (C=O) groups excluding carboxylic acids is 1. The number of hydrogen-bond acceptors (Lipinski definition) is 7. The van der Waals surface area contributed by atoms with E-state index in [-0.39, 0.29) is 17.4 Å². The van der Waals surface area contributed by atoms with Crippen LogP contribution in [0.5, 0.6) is 5.75 Å². The van der Waals surface area contributed by atoms with Crippen molar-refractivity contribution >= 4 is 22.0 Å². The Balaban J connectivity index is 2.86. The second kappa shape index (κ2) is 9.56. The van der Waals surface area contributed by atoms with E-state index < -0.39 is 22.0 Å². The number of guanidine groups is 1. The maximum atomic E-state index is 12.7. The molecule has 5 N–H and O–H groups in total. The molecule has 1 atom stereocenters. The number of aliphatic imine (C=N–C) groups is 1. The molecule has 0 fully saturated rings. The average Bonchev–Trinajstić information content (AvgIpc) is 2.60. The number of methoxy groups -OCH3 is 2. The van der Waals surface area contributed by atoms with Gasteiger partial charge in [0.25, 0.3) is 10.0 Å². The van der Waals surface area contributed by atoms with Gasteiger partial charge in [0.2, 0.25) is 5.96 Å². The van der Waals surface area contributed by atoms with Crippen LogP contribution in [-0.2, 0) is 19.6 Å². The monoisotopic (exact) mass is 400 g/mol. The van der Waals surface area contributed by atoms with Gasteiger partial charge in [-0.25, -0.2) is 13.1 Å². The van der Waals surface area contributed by atoms with Gasteiger partial charge in [0.1, 0.15) is 11.8 Å². The van der Waals surface area contributed by atoms with Gasteiger partial charge >= 0.3 is 5.97 Å². The third-order valence-electron chi connectivity index (χ3n) is 4.17. The fraction of sp³-hybridized carbons (Fsp3) is 0.529. The lowest BCUT2D eigenvalue weighted by molar-refractivity contribution is -0.142. The first-order valence-electron chi connectivity index (χ1n) is 8.36. The summed E-state index contributed by atoms with van der Waals surface area (Å²) in [5, 5.41) is 0. The van der Waals surface area contributed by atoms with E-state index in [0.717, 1.165) is 5.56 Å². The number of ether oxygens (including phenoxy) is 2. The summed E-state index contributed by atoms with van der Waals surface area (Å²) in [6, 6.07) is 0.925. The number of hydrogen-bond donors (Lipinski definition) is 3. The molecule has 1 rings (SSSR count). The molecule has 0 spiro atoms. The average molecular weight is 401 g/mol. The highest BCUT2D eigenvalue weighted by atomic mass is 32.2. The van der Waals surface area contributed by atoms with E-state index >= 15 is 0 Å². The Hall–Kier alpha value is -2.33. The van der Waals surface area contributed by atoms with Crippen LogP contribution in [-0.4, -0.2) is 47.2 Å². The number of sulfonamides is 1. The van der Waals surface area contributed by atoms with Crippen molar-refractivity contribution in [2.45, 2.75) is 44.6 Å². The summed E-state index contributed by atoms with van der Waals surface area (Å²) < 4.78 is 37.5. The number of esters is 1. The molecule has 1 aromatic rings. The van der Waals surface area contributed by atoms with Crippen molar-refractivity contribution in [3.05, 3.63) is 22.8 Å². The van der Waals surface area contributed by atoms with E-state index in [2.05, 4.69) is 14.5 Å². The fourth-order valence-corrected chi connectivity index (χ4v) is 4.13. The van der Waals surface area contributed by atoms with Gasteiger partial charge in [0.15, 0.2) is 0 Å². The lowest BCUT2D eigenvalue weighted by Crippen LogP contribution is -2.37. The molecule has 27 heavy (non-hydrogen) atoms. The molecule has 1 aromatic carbocycles. The Morgan fingerprint density at radius 3 is 2.44 bits per heavy atom. The normalized spacial score (nSPS) is 13.2. The number of nitrogens with zero attached hydrogens (tertiary/aromatic N) is 1. The van der Waals surface area contributed by atoms with Crippen molar-refractivity contribution in [1.82, 2.24) is 4.72 Å². The highest BCUT2D eigenvalue weighted by molar-refractivity contribution is 7.90. The van der Waals surface area contributed by atoms with Crippen molar-refractivity contribution in [1.29, 1.82) is 0 Å². The smallest absolute Gasteiger partial charge is 0.322 e. The highest BCUT2D eigenvalue weighted by Crippen LogP contribution is 2.30. The van der Waals surface area contributed by atoms with E-state index in [1.165, 1.54) is 14.2 Å². The first-order chi connectivity index (χ1) is 12.5. The van der Waals surface area contributed by atoms with Crippen LogP contribution in [0.1, 0.15) is 29.5 Å². The second-order valence-corrected chi connectivity index (χ2v) is 7.74. The lowest BCUT2D eigenvalue weighted by atomic mass is 10.1. The molecule has 0 unspecified atom stereocenters. The molecule has 0 amide bonds. The SMILES string of the molecule is COC(=O)[C@@H](N)CCCN=C(N)NS(=O)(=O)c1c(C)cc(OC)c(C)c1C. The third kappa shape index (κ3) is 5.83. The van der Waals surface area contributed by atoms with Crippen LogP contribution < -0.4 is 20.9 Å². The highest BCUT2D eigenvalue weighted by Gasteiger charge is 2.23. The Morgan fingerprint density at radius 2 is 1.89 bits per heavy atom. The maximum Gasteiger partial charge on any atom is 0.322 e.